The molecule has 4 nitrogen and oxygen atoms in total. The molecule has 1 unspecified atom stereocenters. The molecule has 0 aliphatic carbocycles. The third-order valence-electron chi connectivity index (χ3n) is 3.76. The maximum Gasteiger partial charge on any atom is 0.329 e. The van der Waals surface area contributed by atoms with Gasteiger partial charge in [-0.1, -0.05) is 18.2 Å². The molecule has 1 heterocycles. The SMILES string of the molecule is Cc1c(OC(=O)C(C)Cl)ccc2c1O/C(=C\c1ccccc1F)C2=O. The van der Waals surface area contributed by atoms with Crippen molar-refractivity contribution in [2.45, 2.75) is 19.2 Å². The highest BCUT2D eigenvalue weighted by Crippen LogP contribution is 2.39. The molecule has 25 heavy (non-hydrogen) atoms. The standard InChI is InChI=1S/C19H14ClFO4/c1-10-15(25-19(23)11(2)20)8-7-13-17(22)16(24-18(10)13)9-12-5-3-4-6-14(12)21/h3-9,11H,1-2H3/b16-9-. The van der Waals surface area contributed by atoms with Gasteiger partial charge in [-0.2, -0.15) is 0 Å². The topological polar surface area (TPSA) is 52.6 Å². The minimum atomic E-state index is -0.799. The number of hydrogen-bond acceptors (Lipinski definition) is 4. The minimum absolute atomic E-state index is 0.0115. The zero-order valence-corrected chi connectivity index (χ0v) is 14.3. The van der Waals surface area contributed by atoms with Crippen molar-refractivity contribution in [2.75, 3.05) is 0 Å². The number of Topliss-reactive ketones (excluding diaryl/α,β-unsaturated/α-hetero) is 1. The fourth-order valence-electron chi connectivity index (χ4n) is 2.40. The van der Waals surface area contributed by atoms with Crippen LogP contribution in [0, 0.1) is 12.7 Å². The lowest BCUT2D eigenvalue weighted by Crippen LogP contribution is -2.18. The summed E-state index contributed by atoms with van der Waals surface area (Å²) in [6, 6.07) is 9.09. The first-order valence-corrected chi connectivity index (χ1v) is 8.00. The molecule has 1 aliphatic rings. The van der Waals surface area contributed by atoms with Gasteiger partial charge in [0, 0.05) is 11.1 Å². The summed E-state index contributed by atoms with van der Waals surface area (Å²) in [4.78, 5) is 24.1. The summed E-state index contributed by atoms with van der Waals surface area (Å²) in [5, 5.41) is -0.799. The fraction of sp³-hybridized carbons (Fsp3) is 0.158. The Morgan fingerprint density at radius 3 is 2.68 bits per heavy atom. The number of ketones is 1. The molecule has 1 atom stereocenters. The van der Waals surface area contributed by atoms with Gasteiger partial charge in [0.2, 0.25) is 5.78 Å². The molecule has 128 valence electrons. The summed E-state index contributed by atoms with van der Waals surface area (Å²) in [6.45, 7) is 3.17. The van der Waals surface area contributed by atoms with E-state index < -0.39 is 17.2 Å². The van der Waals surface area contributed by atoms with Crippen LogP contribution in [0.15, 0.2) is 42.2 Å². The van der Waals surface area contributed by atoms with Crippen molar-refractivity contribution in [2.24, 2.45) is 0 Å². The van der Waals surface area contributed by atoms with Gasteiger partial charge in [0.25, 0.3) is 0 Å². The van der Waals surface area contributed by atoms with Crippen molar-refractivity contribution >= 4 is 29.4 Å². The van der Waals surface area contributed by atoms with Crippen LogP contribution in [0.1, 0.15) is 28.4 Å². The van der Waals surface area contributed by atoms with Crippen molar-refractivity contribution in [3.8, 4) is 11.5 Å². The van der Waals surface area contributed by atoms with Gasteiger partial charge in [-0.3, -0.25) is 9.59 Å². The lowest BCUT2D eigenvalue weighted by atomic mass is 10.1. The monoisotopic (exact) mass is 360 g/mol. The molecule has 0 amide bonds. The number of rotatable bonds is 3. The molecule has 0 saturated heterocycles. The Labute approximate surface area is 148 Å². The van der Waals surface area contributed by atoms with Crippen LogP contribution < -0.4 is 9.47 Å². The van der Waals surface area contributed by atoms with Gasteiger partial charge in [-0.05, 0) is 38.1 Å². The van der Waals surface area contributed by atoms with Gasteiger partial charge < -0.3 is 9.47 Å². The highest BCUT2D eigenvalue weighted by Gasteiger charge is 2.31. The molecule has 0 radical (unpaired) electrons. The summed E-state index contributed by atoms with van der Waals surface area (Å²) in [6.07, 6.45) is 1.35. The van der Waals surface area contributed by atoms with Crippen LogP contribution in [0.2, 0.25) is 0 Å². The molecule has 0 N–H and O–H groups in total. The maximum atomic E-state index is 13.8. The van der Waals surface area contributed by atoms with E-state index in [4.69, 9.17) is 21.1 Å². The van der Waals surface area contributed by atoms with Crippen LogP contribution in [-0.4, -0.2) is 17.1 Å². The van der Waals surface area contributed by atoms with Gasteiger partial charge >= 0.3 is 5.97 Å². The molecule has 0 fully saturated rings. The Morgan fingerprint density at radius 2 is 2.00 bits per heavy atom. The van der Waals surface area contributed by atoms with Crippen LogP contribution in [-0.2, 0) is 4.79 Å². The smallest absolute Gasteiger partial charge is 0.329 e. The Balaban J connectivity index is 1.95. The number of esters is 1. The first kappa shape index (κ1) is 17.2. The molecule has 0 spiro atoms. The molecule has 2 aromatic carbocycles. The second kappa shape index (κ2) is 6.69. The number of carbonyl (C=O) groups is 2. The van der Waals surface area contributed by atoms with Crippen LogP contribution in [0.4, 0.5) is 4.39 Å². The van der Waals surface area contributed by atoms with E-state index >= 15 is 0 Å². The summed E-state index contributed by atoms with van der Waals surface area (Å²) in [7, 11) is 0. The van der Waals surface area contributed by atoms with Gasteiger partial charge in [-0.25, -0.2) is 4.39 Å². The average Bonchev–Trinajstić information content (AvgIpc) is 2.89. The van der Waals surface area contributed by atoms with Crippen molar-refractivity contribution in [1.29, 1.82) is 0 Å². The number of halogens is 2. The van der Waals surface area contributed by atoms with Gasteiger partial charge in [0.1, 0.15) is 22.7 Å². The third kappa shape index (κ3) is 3.28. The summed E-state index contributed by atoms with van der Waals surface area (Å²) in [5.74, 6) is -0.848. The second-order valence-electron chi connectivity index (χ2n) is 5.56. The zero-order chi connectivity index (χ0) is 18.1. The molecule has 0 bridgehead atoms. The number of fused-ring (bicyclic) bond motifs is 1. The van der Waals surface area contributed by atoms with Crippen molar-refractivity contribution in [3.63, 3.8) is 0 Å². The second-order valence-corrected chi connectivity index (χ2v) is 6.22. The summed E-state index contributed by atoms with van der Waals surface area (Å²) >= 11 is 5.69. The molecule has 1 aliphatic heterocycles. The van der Waals surface area contributed by atoms with Crippen LogP contribution in [0.3, 0.4) is 0 Å². The number of hydrogen-bond donors (Lipinski definition) is 0. The first-order valence-electron chi connectivity index (χ1n) is 7.56. The fourth-order valence-corrected chi connectivity index (χ4v) is 2.45. The normalized spacial score (nSPS) is 15.7. The Bertz CT molecular complexity index is 902. The number of carbonyl (C=O) groups excluding carboxylic acids is 2. The van der Waals surface area contributed by atoms with Crippen molar-refractivity contribution in [3.05, 3.63) is 64.7 Å². The molecular weight excluding hydrogens is 347 g/mol. The highest BCUT2D eigenvalue weighted by atomic mass is 35.5. The molecule has 0 saturated carbocycles. The third-order valence-corrected chi connectivity index (χ3v) is 3.94. The van der Waals surface area contributed by atoms with E-state index in [0.717, 1.165) is 0 Å². The Morgan fingerprint density at radius 1 is 1.28 bits per heavy atom. The van der Waals surface area contributed by atoms with Gasteiger partial charge in [-0.15, -0.1) is 11.6 Å². The van der Waals surface area contributed by atoms with E-state index in [0.29, 0.717) is 16.9 Å². The molecular formula is C19H14ClFO4. The molecule has 0 aromatic heterocycles. The van der Waals surface area contributed by atoms with E-state index in [9.17, 15) is 14.0 Å². The lowest BCUT2D eigenvalue weighted by molar-refractivity contribution is -0.133. The molecule has 6 heteroatoms. The molecule has 2 aromatic rings. The zero-order valence-electron chi connectivity index (χ0n) is 13.5. The number of alkyl halides is 1. The predicted molar refractivity (Wildman–Crippen MR) is 91.5 cm³/mol. The van der Waals surface area contributed by atoms with E-state index in [1.54, 1.807) is 25.1 Å². The summed E-state index contributed by atoms with van der Waals surface area (Å²) < 4.78 is 24.6. The Hall–Kier alpha value is -2.66. The average molecular weight is 361 g/mol. The van der Waals surface area contributed by atoms with Gasteiger partial charge in [0.15, 0.2) is 5.76 Å². The lowest BCUT2D eigenvalue weighted by Gasteiger charge is -2.10. The van der Waals surface area contributed by atoms with Gasteiger partial charge in [0.05, 0.1) is 5.56 Å². The molecule has 3 rings (SSSR count). The van der Waals surface area contributed by atoms with Crippen LogP contribution >= 0.6 is 11.6 Å². The van der Waals surface area contributed by atoms with E-state index in [1.807, 2.05) is 0 Å². The number of ether oxygens (including phenoxy) is 2. The Kier molecular flexibility index (Phi) is 4.59. The number of allylic oxidation sites excluding steroid dienone is 1. The van der Waals surface area contributed by atoms with Crippen LogP contribution in [0.5, 0.6) is 11.5 Å². The largest absolute Gasteiger partial charge is 0.452 e. The van der Waals surface area contributed by atoms with E-state index in [2.05, 4.69) is 0 Å². The predicted octanol–water partition coefficient (Wildman–Crippen LogP) is 4.28. The quantitative estimate of drug-likeness (QED) is 0.355. The van der Waals surface area contributed by atoms with Crippen molar-refractivity contribution < 1.29 is 23.5 Å². The summed E-state index contributed by atoms with van der Waals surface area (Å²) in [5.41, 5.74) is 1.08. The van der Waals surface area contributed by atoms with Crippen LogP contribution in [0.25, 0.3) is 6.08 Å². The first-order chi connectivity index (χ1) is 11.9. The van der Waals surface area contributed by atoms with Crippen molar-refractivity contribution in [1.82, 2.24) is 0 Å². The minimum Gasteiger partial charge on any atom is -0.452 e. The van der Waals surface area contributed by atoms with E-state index in [-0.39, 0.29) is 22.9 Å². The number of benzene rings is 2. The van der Waals surface area contributed by atoms with E-state index in [1.165, 1.54) is 31.2 Å². The highest BCUT2D eigenvalue weighted by molar-refractivity contribution is 6.29. The maximum absolute atomic E-state index is 13.8.